The van der Waals surface area contributed by atoms with Crippen molar-refractivity contribution in [2.45, 2.75) is 30.4 Å². The van der Waals surface area contributed by atoms with Crippen molar-refractivity contribution in [1.82, 2.24) is 9.21 Å². The minimum absolute atomic E-state index is 0.131. The van der Waals surface area contributed by atoms with Gasteiger partial charge in [0.15, 0.2) is 0 Å². The average molecular weight is 340 g/mol. The first-order chi connectivity index (χ1) is 10.9. The summed E-state index contributed by atoms with van der Waals surface area (Å²) in [4.78, 5) is 2.53. The summed E-state index contributed by atoms with van der Waals surface area (Å²) in [5.41, 5.74) is 0.821. The van der Waals surface area contributed by atoms with Gasteiger partial charge in [0.25, 0.3) is 0 Å². The van der Waals surface area contributed by atoms with E-state index in [9.17, 15) is 8.42 Å². The molecule has 0 aliphatic carbocycles. The van der Waals surface area contributed by atoms with E-state index < -0.39 is 10.0 Å². The van der Waals surface area contributed by atoms with Gasteiger partial charge in [-0.15, -0.1) is 0 Å². The van der Waals surface area contributed by atoms with Crippen LogP contribution in [0.2, 0.25) is 0 Å². The van der Waals surface area contributed by atoms with Gasteiger partial charge in [0.2, 0.25) is 10.0 Å². The molecule has 2 fully saturated rings. The van der Waals surface area contributed by atoms with Crippen LogP contribution in [0.15, 0.2) is 23.1 Å². The first-order valence-electron chi connectivity index (χ1n) is 7.90. The van der Waals surface area contributed by atoms with E-state index in [2.05, 4.69) is 4.90 Å². The second-order valence-electron chi connectivity index (χ2n) is 6.24. The fourth-order valence-electron chi connectivity index (χ4n) is 3.39. The van der Waals surface area contributed by atoms with E-state index in [1.807, 2.05) is 14.0 Å². The van der Waals surface area contributed by atoms with Crippen LogP contribution in [0, 0.1) is 6.92 Å². The third kappa shape index (κ3) is 3.10. The van der Waals surface area contributed by atoms with Crippen molar-refractivity contribution < 1.29 is 17.9 Å². The smallest absolute Gasteiger partial charge is 0.243 e. The Hall–Kier alpha value is -1.15. The van der Waals surface area contributed by atoms with Crippen LogP contribution in [-0.2, 0) is 14.8 Å². The zero-order valence-corrected chi connectivity index (χ0v) is 14.7. The third-order valence-electron chi connectivity index (χ3n) is 4.83. The zero-order chi connectivity index (χ0) is 16.6. The van der Waals surface area contributed by atoms with Crippen LogP contribution in [0.3, 0.4) is 0 Å². The quantitative estimate of drug-likeness (QED) is 0.825. The Morgan fingerprint density at radius 2 is 2.09 bits per heavy atom. The van der Waals surface area contributed by atoms with Gasteiger partial charge in [-0.25, -0.2) is 8.42 Å². The minimum Gasteiger partial charge on any atom is -0.496 e. The molecule has 0 amide bonds. The highest BCUT2D eigenvalue weighted by atomic mass is 32.2. The molecule has 2 aliphatic rings. The third-order valence-corrected chi connectivity index (χ3v) is 6.69. The van der Waals surface area contributed by atoms with Crippen molar-refractivity contribution in [1.29, 1.82) is 0 Å². The summed E-state index contributed by atoms with van der Waals surface area (Å²) < 4.78 is 38.5. The molecule has 3 rings (SSSR count). The molecule has 2 saturated heterocycles. The molecule has 7 heteroatoms. The molecule has 0 aromatic heterocycles. The summed E-state index contributed by atoms with van der Waals surface area (Å²) >= 11 is 0. The molecule has 2 heterocycles. The molecule has 0 radical (unpaired) electrons. The molecule has 0 unspecified atom stereocenters. The predicted octanol–water partition coefficient (Wildman–Crippen LogP) is 1.10. The fourth-order valence-corrected chi connectivity index (χ4v) is 4.95. The predicted molar refractivity (Wildman–Crippen MR) is 87.3 cm³/mol. The molecule has 23 heavy (non-hydrogen) atoms. The van der Waals surface area contributed by atoms with Crippen LogP contribution >= 0.6 is 0 Å². The Morgan fingerprint density at radius 3 is 2.78 bits per heavy atom. The van der Waals surface area contributed by atoms with Crippen LogP contribution in [0.4, 0.5) is 0 Å². The maximum atomic E-state index is 12.9. The topological polar surface area (TPSA) is 59.1 Å². The maximum Gasteiger partial charge on any atom is 0.243 e. The van der Waals surface area contributed by atoms with Crippen LogP contribution in [-0.4, -0.2) is 70.2 Å². The normalized spacial score (nSPS) is 26.7. The van der Waals surface area contributed by atoms with E-state index in [1.165, 1.54) is 0 Å². The van der Waals surface area contributed by atoms with E-state index in [0.717, 1.165) is 25.1 Å². The Bertz CT molecular complexity index is 677. The lowest BCUT2D eigenvalue weighted by Crippen LogP contribution is -2.59. The summed E-state index contributed by atoms with van der Waals surface area (Å²) in [5.74, 6) is 0.697. The molecule has 6 nitrogen and oxygen atoms in total. The highest BCUT2D eigenvalue weighted by molar-refractivity contribution is 7.89. The van der Waals surface area contributed by atoms with Crippen LogP contribution < -0.4 is 4.74 Å². The van der Waals surface area contributed by atoms with Gasteiger partial charge in [0.1, 0.15) is 5.75 Å². The van der Waals surface area contributed by atoms with Crippen molar-refractivity contribution in [2.24, 2.45) is 0 Å². The summed E-state index contributed by atoms with van der Waals surface area (Å²) in [6, 6.07) is 5.15. The SMILES string of the molecule is COc1ccc(S(=O)(=O)N2CC[C@H]3OCCN(C)[C@H]3C2)cc1C. The summed E-state index contributed by atoms with van der Waals surface area (Å²) in [5, 5.41) is 0. The molecule has 1 aromatic carbocycles. The first-order valence-corrected chi connectivity index (χ1v) is 9.34. The van der Waals surface area contributed by atoms with Crippen molar-refractivity contribution >= 4 is 10.0 Å². The molecular formula is C16H24N2O4S. The maximum absolute atomic E-state index is 12.9. The number of nitrogens with zero attached hydrogens (tertiary/aromatic N) is 2. The number of hydrogen-bond acceptors (Lipinski definition) is 5. The van der Waals surface area contributed by atoms with Gasteiger partial charge in [-0.1, -0.05) is 0 Å². The number of methoxy groups -OCH3 is 1. The number of hydrogen-bond donors (Lipinski definition) is 0. The Morgan fingerprint density at radius 1 is 1.30 bits per heavy atom. The number of piperidine rings is 1. The van der Waals surface area contributed by atoms with E-state index in [0.29, 0.717) is 23.7 Å². The molecule has 0 spiro atoms. The summed E-state index contributed by atoms with van der Waals surface area (Å²) in [7, 11) is 0.131. The summed E-state index contributed by atoms with van der Waals surface area (Å²) in [6.07, 6.45) is 0.876. The Balaban J connectivity index is 1.84. The zero-order valence-electron chi connectivity index (χ0n) is 13.9. The highest BCUT2D eigenvalue weighted by Crippen LogP contribution is 2.28. The molecule has 0 saturated carbocycles. The number of morpholine rings is 1. The second kappa shape index (κ2) is 6.39. The number of fused-ring (bicyclic) bond motifs is 1. The lowest BCUT2D eigenvalue weighted by atomic mass is 10.0. The molecule has 2 atom stereocenters. The second-order valence-corrected chi connectivity index (χ2v) is 8.18. The van der Waals surface area contributed by atoms with Gasteiger partial charge in [-0.2, -0.15) is 4.31 Å². The molecule has 0 bridgehead atoms. The lowest BCUT2D eigenvalue weighted by molar-refractivity contribution is -0.0840. The highest BCUT2D eigenvalue weighted by Gasteiger charge is 2.39. The van der Waals surface area contributed by atoms with Gasteiger partial charge >= 0.3 is 0 Å². The number of likely N-dealkylation sites (N-methyl/N-ethyl adjacent to an activating group) is 1. The van der Waals surface area contributed by atoms with Gasteiger partial charge in [0.05, 0.1) is 24.7 Å². The number of ether oxygens (including phenoxy) is 2. The number of benzene rings is 1. The van der Waals surface area contributed by atoms with Crippen molar-refractivity contribution in [3.63, 3.8) is 0 Å². The van der Waals surface area contributed by atoms with Gasteiger partial charge in [-0.3, -0.25) is 4.90 Å². The van der Waals surface area contributed by atoms with Crippen LogP contribution in [0.5, 0.6) is 5.75 Å². The van der Waals surface area contributed by atoms with Gasteiger partial charge in [-0.05, 0) is 44.2 Å². The van der Waals surface area contributed by atoms with E-state index in [1.54, 1.807) is 29.6 Å². The number of aryl methyl sites for hydroxylation is 1. The monoisotopic (exact) mass is 340 g/mol. The average Bonchev–Trinajstić information content (AvgIpc) is 2.54. The molecule has 2 aliphatic heterocycles. The van der Waals surface area contributed by atoms with Gasteiger partial charge in [0, 0.05) is 25.7 Å². The fraction of sp³-hybridized carbons (Fsp3) is 0.625. The number of sulfonamides is 1. The standard InChI is InChI=1S/C16H24N2O4S/c1-12-10-13(4-5-15(12)21-3)23(19,20)18-7-6-16-14(11-18)17(2)8-9-22-16/h4-5,10,14,16H,6-9,11H2,1-3H3/t14-,16+/m0/s1. The van der Waals surface area contributed by atoms with Crippen molar-refractivity contribution in [3.8, 4) is 5.75 Å². The molecule has 0 N–H and O–H groups in total. The minimum atomic E-state index is -3.49. The summed E-state index contributed by atoms with van der Waals surface area (Å²) in [6.45, 7) is 4.41. The molecular weight excluding hydrogens is 316 g/mol. The molecule has 1 aromatic rings. The van der Waals surface area contributed by atoms with E-state index in [4.69, 9.17) is 9.47 Å². The van der Waals surface area contributed by atoms with E-state index in [-0.39, 0.29) is 12.1 Å². The first kappa shape index (κ1) is 16.7. The Labute approximate surface area is 138 Å². The number of rotatable bonds is 3. The van der Waals surface area contributed by atoms with E-state index >= 15 is 0 Å². The van der Waals surface area contributed by atoms with Crippen molar-refractivity contribution in [2.75, 3.05) is 40.4 Å². The van der Waals surface area contributed by atoms with Crippen molar-refractivity contribution in [3.05, 3.63) is 23.8 Å². The van der Waals surface area contributed by atoms with Gasteiger partial charge < -0.3 is 9.47 Å². The molecule has 128 valence electrons. The largest absolute Gasteiger partial charge is 0.496 e. The van der Waals surface area contributed by atoms with Crippen LogP contribution in [0.1, 0.15) is 12.0 Å². The van der Waals surface area contributed by atoms with Crippen LogP contribution in [0.25, 0.3) is 0 Å². The Kier molecular flexibility index (Phi) is 4.64. The lowest BCUT2D eigenvalue weighted by Gasteiger charge is -2.45.